The first-order chi connectivity index (χ1) is 10.2. The van der Waals surface area contributed by atoms with Gasteiger partial charge in [0.2, 0.25) is 0 Å². The van der Waals surface area contributed by atoms with Crippen molar-refractivity contribution in [1.82, 2.24) is 0 Å². The fourth-order valence-electron chi connectivity index (χ4n) is 2.77. The van der Waals surface area contributed by atoms with E-state index >= 15 is 0 Å². The van der Waals surface area contributed by atoms with Crippen LogP contribution in [-0.2, 0) is 4.74 Å². The number of ether oxygens (including phenoxy) is 3. The predicted octanol–water partition coefficient (Wildman–Crippen LogP) is 3.82. The maximum Gasteiger partial charge on any atom is 0.141 e. The number of halogens is 1. The number of benzene rings is 1. The van der Waals surface area contributed by atoms with Gasteiger partial charge in [-0.3, -0.25) is 0 Å². The average Bonchev–Trinajstić information content (AvgIpc) is 2.53. The Hall–Kier alpha value is -0.780. The molecule has 1 aromatic carbocycles. The SMILES string of the molecule is COc1ccc(C(N)CCC2CCCCO2)c(OC)c1Br. The highest BCUT2D eigenvalue weighted by Gasteiger charge is 2.20. The minimum absolute atomic E-state index is 0.0623. The third-order valence-electron chi connectivity index (χ3n) is 3.99. The normalized spacial score (nSPS) is 20.1. The molecule has 1 heterocycles. The van der Waals surface area contributed by atoms with Crippen LogP contribution in [0.25, 0.3) is 0 Å². The smallest absolute Gasteiger partial charge is 0.141 e. The molecule has 0 amide bonds. The molecule has 5 heteroatoms. The molecular weight excluding hydrogens is 334 g/mol. The Morgan fingerprint density at radius 3 is 2.76 bits per heavy atom. The molecule has 1 aromatic rings. The summed E-state index contributed by atoms with van der Waals surface area (Å²) in [4.78, 5) is 0. The van der Waals surface area contributed by atoms with Gasteiger partial charge in [0.1, 0.15) is 16.0 Å². The maximum atomic E-state index is 6.35. The second kappa shape index (κ2) is 8.01. The quantitative estimate of drug-likeness (QED) is 0.840. The van der Waals surface area contributed by atoms with Crippen molar-refractivity contribution < 1.29 is 14.2 Å². The van der Waals surface area contributed by atoms with Crippen LogP contribution in [0, 0.1) is 0 Å². The van der Waals surface area contributed by atoms with Crippen LogP contribution in [-0.4, -0.2) is 26.9 Å². The van der Waals surface area contributed by atoms with Crippen molar-refractivity contribution in [1.29, 1.82) is 0 Å². The number of hydrogen-bond donors (Lipinski definition) is 1. The third kappa shape index (κ3) is 4.11. The van der Waals surface area contributed by atoms with Crippen LogP contribution in [0.2, 0.25) is 0 Å². The summed E-state index contributed by atoms with van der Waals surface area (Å²) in [7, 11) is 3.29. The summed E-state index contributed by atoms with van der Waals surface area (Å²) in [6.07, 6.45) is 5.83. The van der Waals surface area contributed by atoms with Crippen LogP contribution in [0.3, 0.4) is 0 Å². The van der Waals surface area contributed by atoms with Crippen LogP contribution in [0.4, 0.5) is 0 Å². The van der Waals surface area contributed by atoms with Crippen molar-refractivity contribution in [3.8, 4) is 11.5 Å². The van der Waals surface area contributed by atoms with Crippen LogP contribution < -0.4 is 15.2 Å². The highest BCUT2D eigenvalue weighted by molar-refractivity contribution is 9.10. The predicted molar refractivity (Wildman–Crippen MR) is 87.0 cm³/mol. The monoisotopic (exact) mass is 357 g/mol. The highest BCUT2D eigenvalue weighted by Crippen LogP contribution is 2.40. The van der Waals surface area contributed by atoms with Gasteiger partial charge < -0.3 is 19.9 Å². The minimum atomic E-state index is -0.0623. The fourth-order valence-corrected chi connectivity index (χ4v) is 3.45. The standard InChI is InChI=1S/C16H24BrNO3/c1-19-14-9-7-12(16(20-2)15(14)17)13(18)8-6-11-5-3-4-10-21-11/h7,9,11,13H,3-6,8,10,18H2,1-2H3. The van der Waals surface area contributed by atoms with E-state index in [1.54, 1.807) is 14.2 Å². The van der Waals surface area contributed by atoms with Gasteiger partial charge in [-0.2, -0.15) is 0 Å². The lowest BCUT2D eigenvalue weighted by molar-refractivity contribution is 0.00909. The summed E-state index contributed by atoms with van der Waals surface area (Å²) in [6.45, 7) is 0.886. The van der Waals surface area contributed by atoms with E-state index in [4.69, 9.17) is 19.9 Å². The second-order valence-electron chi connectivity index (χ2n) is 5.38. The molecule has 2 atom stereocenters. The van der Waals surface area contributed by atoms with Gasteiger partial charge >= 0.3 is 0 Å². The molecule has 118 valence electrons. The lowest BCUT2D eigenvalue weighted by Gasteiger charge is -2.24. The van der Waals surface area contributed by atoms with Gasteiger partial charge in [-0.25, -0.2) is 0 Å². The van der Waals surface area contributed by atoms with Gasteiger partial charge in [-0.1, -0.05) is 0 Å². The van der Waals surface area contributed by atoms with Crippen LogP contribution >= 0.6 is 15.9 Å². The zero-order valence-electron chi connectivity index (χ0n) is 12.7. The first kappa shape index (κ1) is 16.6. The van der Waals surface area contributed by atoms with Crippen molar-refractivity contribution >= 4 is 15.9 Å². The van der Waals surface area contributed by atoms with Crippen molar-refractivity contribution in [2.45, 2.75) is 44.2 Å². The summed E-state index contributed by atoms with van der Waals surface area (Å²) in [6, 6.07) is 3.83. The lowest BCUT2D eigenvalue weighted by Crippen LogP contribution is -2.21. The summed E-state index contributed by atoms with van der Waals surface area (Å²) in [5.74, 6) is 1.50. The second-order valence-corrected chi connectivity index (χ2v) is 6.17. The summed E-state index contributed by atoms with van der Waals surface area (Å²) in [5, 5.41) is 0. The molecule has 2 rings (SSSR count). The molecule has 0 aromatic heterocycles. The van der Waals surface area contributed by atoms with E-state index in [9.17, 15) is 0 Å². The molecule has 0 radical (unpaired) electrons. The molecule has 4 nitrogen and oxygen atoms in total. The molecule has 0 aliphatic carbocycles. The summed E-state index contributed by atoms with van der Waals surface area (Å²) in [5.41, 5.74) is 7.35. The average molecular weight is 358 g/mol. The van der Waals surface area contributed by atoms with Gasteiger partial charge in [-0.05, 0) is 60.2 Å². The van der Waals surface area contributed by atoms with Crippen LogP contribution in [0.1, 0.15) is 43.7 Å². The molecule has 2 unspecified atom stereocenters. The van der Waals surface area contributed by atoms with Crippen LogP contribution in [0.5, 0.6) is 11.5 Å². The summed E-state index contributed by atoms with van der Waals surface area (Å²) < 4.78 is 17.4. The Labute approximate surface area is 135 Å². The topological polar surface area (TPSA) is 53.7 Å². The van der Waals surface area contributed by atoms with E-state index in [2.05, 4.69) is 15.9 Å². The van der Waals surface area contributed by atoms with Gasteiger partial charge in [-0.15, -0.1) is 0 Å². The van der Waals surface area contributed by atoms with Crippen molar-refractivity contribution in [3.05, 3.63) is 22.2 Å². The number of hydrogen-bond acceptors (Lipinski definition) is 4. The molecule has 2 N–H and O–H groups in total. The lowest BCUT2D eigenvalue weighted by atomic mass is 9.97. The fraction of sp³-hybridized carbons (Fsp3) is 0.625. The Morgan fingerprint density at radius 2 is 2.14 bits per heavy atom. The zero-order chi connectivity index (χ0) is 15.2. The number of nitrogens with two attached hydrogens (primary N) is 1. The number of methoxy groups -OCH3 is 2. The molecule has 21 heavy (non-hydrogen) atoms. The molecule has 0 saturated carbocycles. The van der Waals surface area contributed by atoms with E-state index in [-0.39, 0.29) is 6.04 Å². The van der Waals surface area contributed by atoms with E-state index in [0.29, 0.717) is 6.10 Å². The van der Waals surface area contributed by atoms with E-state index < -0.39 is 0 Å². The highest BCUT2D eigenvalue weighted by atomic mass is 79.9. The molecule has 0 spiro atoms. The zero-order valence-corrected chi connectivity index (χ0v) is 14.3. The van der Waals surface area contributed by atoms with Crippen LogP contribution in [0.15, 0.2) is 16.6 Å². The Kier molecular flexibility index (Phi) is 6.33. The van der Waals surface area contributed by atoms with Gasteiger partial charge in [0.05, 0.1) is 20.3 Å². The Balaban J connectivity index is 2.04. The molecule has 1 saturated heterocycles. The van der Waals surface area contributed by atoms with Crippen molar-refractivity contribution in [2.24, 2.45) is 5.73 Å². The largest absolute Gasteiger partial charge is 0.495 e. The van der Waals surface area contributed by atoms with Crippen molar-refractivity contribution in [3.63, 3.8) is 0 Å². The molecule has 0 bridgehead atoms. The maximum absolute atomic E-state index is 6.35. The first-order valence-electron chi connectivity index (χ1n) is 7.45. The number of rotatable bonds is 6. The summed E-state index contributed by atoms with van der Waals surface area (Å²) >= 11 is 3.52. The van der Waals surface area contributed by atoms with Gasteiger partial charge in [0, 0.05) is 18.2 Å². The third-order valence-corrected chi connectivity index (χ3v) is 4.74. The van der Waals surface area contributed by atoms with E-state index in [1.807, 2.05) is 12.1 Å². The molecular formula is C16H24BrNO3. The first-order valence-corrected chi connectivity index (χ1v) is 8.24. The Bertz CT molecular complexity index is 461. The Morgan fingerprint density at radius 1 is 1.33 bits per heavy atom. The van der Waals surface area contributed by atoms with E-state index in [0.717, 1.165) is 47.4 Å². The van der Waals surface area contributed by atoms with Gasteiger partial charge in [0.15, 0.2) is 0 Å². The van der Waals surface area contributed by atoms with E-state index in [1.165, 1.54) is 12.8 Å². The minimum Gasteiger partial charge on any atom is -0.495 e. The molecule has 1 aliphatic rings. The molecule has 1 fully saturated rings. The van der Waals surface area contributed by atoms with Crippen molar-refractivity contribution in [2.75, 3.05) is 20.8 Å². The molecule has 1 aliphatic heterocycles. The van der Waals surface area contributed by atoms with Gasteiger partial charge in [0.25, 0.3) is 0 Å².